The number of hydrogen-bond acceptors (Lipinski definition) is 6. The maximum atomic E-state index is 13.3. The first-order valence-corrected chi connectivity index (χ1v) is 13.4. The maximum absolute atomic E-state index is 13.3. The molecule has 1 aromatic heterocycles. The summed E-state index contributed by atoms with van der Waals surface area (Å²) >= 11 is 6.53. The van der Waals surface area contributed by atoms with Crippen LogP contribution in [0.5, 0.6) is 5.88 Å². The number of H-pyrrole nitrogens is 1. The molecule has 1 fully saturated rings. The standard InChI is InChI=1S/C28H41ClN4O4/c1-7-33(22-10-8-21(9-11-22)32(4)5)25-16-20(29)15-23(19(25)3)27(35)30-17-24-26(34)14-18(2)31-28(24)37-13-12-36-6/h14-16,21-22H,7-13,17H2,1-6H3,(H,30,35)(H,31,34)/t21-,22-. The summed E-state index contributed by atoms with van der Waals surface area (Å²) in [6.45, 7) is 7.44. The molecule has 8 nitrogen and oxygen atoms in total. The molecule has 0 bridgehead atoms. The van der Waals surface area contributed by atoms with Gasteiger partial charge in [-0.25, -0.2) is 0 Å². The zero-order chi connectivity index (χ0) is 27.1. The fraction of sp³-hybridized carbons (Fsp3) is 0.571. The number of aryl methyl sites for hydroxylation is 1. The Balaban J connectivity index is 1.80. The van der Waals surface area contributed by atoms with Gasteiger partial charge in [0.05, 0.1) is 18.7 Å². The molecule has 3 rings (SSSR count). The molecule has 0 atom stereocenters. The number of rotatable bonds is 11. The number of hydrogen-bond donors (Lipinski definition) is 2. The third-order valence-electron chi connectivity index (χ3n) is 7.27. The van der Waals surface area contributed by atoms with Crippen molar-refractivity contribution < 1.29 is 14.3 Å². The Bertz CT molecular complexity index is 1130. The molecule has 1 saturated carbocycles. The van der Waals surface area contributed by atoms with Crippen LogP contribution in [0.2, 0.25) is 5.02 Å². The number of carbonyl (C=O) groups is 1. The number of anilines is 1. The highest BCUT2D eigenvalue weighted by Gasteiger charge is 2.28. The van der Waals surface area contributed by atoms with Gasteiger partial charge in [-0.05, 0) is 78.2 Å². The van der Waals surface area contributed by atoms with E-state index in [1.807, 2.05) is 13.0 Å². The predicted octanol–water partition coefficient (Wildman–Crippen LogP) is 4.30. The number of halogens is 1. The van der Waals surface area contributed by atoms with Gasteiger partial charge in [0, 0.05) is 53.8 Å². The van der Waals surface area contributed by atoms with Crippen molar-refractivity contribution >= 4 is 23.2 Å². The van der Waals surface area contributed by atoms with Crippen LogP contribution in [0, 0.1) is 13.8 Å². The molecule has 204 valence electrons. The van der Waals surface area contributed by atoms with Crippen molar-refractivity contribution in [2.75, 3.05) is 45.9 Å². The second-order valence-electron chi connectivity index (χ2n) is 9.96. The summed E-state index contributed by atoms with van der Waals surface area (Å²) in [6.07, 6.45) is 4.51. The third-order valence-corrected chi connectivity index (χ3v) is 7.48. The number of benzene rings is 1. The van der Waals surface area contributed by atoms with Crippen LogP contribution in [0.4, 0.5) is 5.69 Å². The lowest BCUT2D eigenvalue weighted by Gasteiger charge is -2.40. The normalized spacial score (nSPS) is 17.6. The van der Waals surface area contributed by atoms with Crippen LogP contribution in [0.1, 0.15) is 59.8 Å². The van der Waals surface area contributed by atoms with Crippen molar-refractivity contribution in [3.05, 3.63) is 55.8 Å². The Hall–Kier alpha value is -2.55. The largest absolute Gasteiger partial charge is 0.476 e. The molecule has 1 amide bonds. The Morgan fingerprint density at radius 3 is 2.41 bits per heavy atom. The fourth-order valence-corrected chi connectivity index (χ4v) is 5.39. The van der Waals surface area contributed by atoms with Gasteiger partial charge in [0.1, 0.15) is 6.61 Å². The average molecular weight is 533 g/mol. The maximum Gasteiger partial charge on any atom is 0.251 e. The van der Waals surface area contributed by atoms with Crippen LogP contribution in [0.25, 0.3) is 0 Å². The Morgan fingerprint density at radius 2 is 1.78 bits per heavy atom. The molecule has 0 spiro atoms. The van der Waals surface area contributed by atoms with Gasteiger partial charge in [0.15, 0.2) is 11.3 Å². The lowest BCUT2D eigenvalue weighted by atomic mass is 9.89. The van der Waals surface area contributed by atoms with Crippen LogP contribution in [0.3, 0.4) is 0 Å². The lowest BCUT2D eigenvalue weighted by molar-refractivity contribution is 0.0949. The summed E-state index contributed by atoms with van der Waals surface area (Å²) in [6, 6.07) is 6.18. The highest BCUT2D eigenvalue weighted by molar-refractivity contribution is 6.31. The van der Waals surface area contributed by atoms with Crippen molar-refractivity contribution in [3.8, 4) is 5.88 Å². The molecular formula is C28H41ClN4O4. The lowest BCUT2D eigenvalue weighted by Crippen LogP contribution is -2.42. The van der Waals surface area contributed by atoms with Crippen LogP contribution in [0.15, 0.2) is 23.0 Å². The van der Waals surface area contributed by atoms with Crippen LogP contribution in [-0.4, -0.2) is 68.8 Å². The van der Waals surface area contributed by atoms with E-state index in [0.717, 1.165) is 43.5 Å². The quantitative estimate of drug-likeness (QED) is 0.420. The van der Waals surface area contributed by atoms with Crippen LogP contribution < -0.4 is 20.4 Å². The van der Waals surface area contributed by atoms with Crippen molar-refractivity contribution in [3.63, 3.8) is 0 Å². The van der Waals surface area contributed by atoms with Crippen LogP contribution in [-0.2, 0) is 11.3 Å². The van der Waals surface area contributed by atoms with E-state index in [-0.39, 0.29) is 24.5 Å². The predicted molar refractivity (Wildman–Crippen MR) is 149 cm³/mol. The smallest absolute Gasteiger partial charge is 0.251 e. The zero-order valence-corrected chi connectivity index (χ0v) is 23.7. The molecule has 1 heterocycles. The molecule has 0 saturated heterocycles. The number of methoxy groups -OCH3 is 1. The van der Waals surface area contributed by atoms with E-state index in [0.29, 0.717) is 46.4 Å². The van der Waals surface area contributed by atoms with Crippen molar-refractivity contribution in [1.82, 2.24) is 15.2 Å². The van der Waals surface area contributed by atoms with E-state index < -0.39 is 0 Å². The number of nitrogens with zero attached hydrogens (tertiary/aromatic N) is 2. The minimum Gasteiger partial charge on any atom is -0.476 e. The van der Waals surface area contributed by atoms with E-state index in [2.05, 4.69) is 41.1 Å². The first-order chi connectivity index (χ1) is 17.7. The first-order valence-electron chi connectivity index (χ1n) is 13.0. The van der Waals surface area contributed by atoms with Gasteiger partial charge in [-0.2, -0.15) is 0 Å². The summed E-state index contributed by atoms with van der Waals surface area (Å²) in [5.74, 6) is 0.0628. The summed E-state index contributed by atoms with van der Waals surface area (Å²) in [5, 5.41) is 3.42. The Kier molecular flexibility index (Phi) is 10.4. The molecular weight excluding hydrogens is 492 g/mol. The van der Waals surface area contributed by atoms with E-state index in [4.69, 9.17) is 21.1 Å². The molecule has 0 radical (unpaired) electrons. The number of aromatic nitrogens is 1. The summed E-state index contributed by atoms with van der Waals surface area (Å²) in [5.41, 5.74) is 3.23. The average Bonchev–Trinajstić information content (AvgIpc) is 2.86. The van der Waals surface area contributed by atoms with Crippen molar-refractivity contribution in [2.24, 2.45) is 0 Å². The van der Waals surface area contributed by atoms with Gasteiger partial charge < -0.3 is 29.6 Å². The monoisotopic (exact) mass is 532 g/mol. The molecule has 9 heteroatoms. The summed E-state index contributed by atoms with van der Waals surface area (Å²) in [4.78, 5) is 33.8. The molecule has 0 unspecified atom stereocenters. The molecule has 0 aliphatic heterocycles. The minimum absolute atomic E-state index is 0.0318. The molecule has 1 aliphatic carbocycles. The van der Waals surface area contributed by atoms with Gasteiger partial charge in [0.2, 0.25) is 0 Å². The molecule has 2 N–H and O–H groups in total. The molecule has 1 aliphatic rings. The highest BCUT2D eigenvalue weighted by atomic mass is 35.5. The second kappa shape index (κ2) is 13.3. The Labute approximate surface area is 225 Å². The molecule has 1 aromatic carbocycles. The number of aromatic amines is 1. The van der Waals surface area contributed by atoms with Gasteiger partial charge in [-0.15, -0.1) is 0 Å². The second-order valence-corrected chi connectivity index (χ2v) is 10.4. The van der Waals surface area contributed by atoms with E-state index in [1.165, 1.54) is 6.07 Å². The van der Waals surface area contributed by atoms with Gasteiger partial charge >= 0.3 is 0 Å². The third kappa shape index (κ3) is 7.27. The summed E-state index contributed by atoms with van der Waals surface area (Å²) < 4.78 is 10.7. The number of nitrogens with one attached hydrogen (secondary N) is 2. The number of ether oxygens (including phenoxy) is 2. The van der Waals surface area contributed by atoms with Crippen molar-refractivity contribution in [2.45, 2.75) is 65.1 Å². The van der Waals surface area contributed by atoms with E-state index >= 15 is 0 Å². The number of pyridine rings is 1. The minimum atomic E-state index is -0.281. The number of amides is 1. The highest BCUT2D eigenvalue weighted by Crippen LogP contribution is 2.34. The van der Waals surface area contributed by atoms with Crippen molar-refractivity contribution in [1.29, 1.82) is 0 Å². The fourth-order valence-electron chi connectivity index (χ4n) is 5.18. The summed E-state index contributed by atoms with van der Waals surface area (Å²) in [7, 11) is 5.88. The first kappa shape index (κ1) is 29.0. The van der Waals surface area contributed by atoms with E-state index in [1.54, 1.807) is 20.1 Å². The number of carbonyl (C=O) groups excluding carboxylic acids is 1. The zero-order valence-electron chi connectivity index (χ0n) is 22.9. The molecule has 2 aromatic rings. The molecule has 37 heavy (non-hydrogen) atoms. The van der Waals surface area contributed by atoms with Gasteiger partial charge in [0.25, 0.3) is 5.91 Å². The Morgan fingerprint density at radius 1 is 1.11 bits per heavy atom. The van der Waals surface area contributed by atoms with Gasteiger partial charge in [-0.1, -0.05) is 11.6 Å². The topological polar surface area (TPSA) is 86.9 Å². The van der Waals surface area contributed by atoms with Gasteiger partial charge in [-0.3, -0.25) is 9.59 Å². The van der Waals surface area contributed by atoms with E-state index in [9.17, 15) is 9.59 Å². The SMILES string of the molecule is CCN(c1cc(Cl)cc(C(=O)NCc2c(OCCOC)[nH]c(C)cc2=O)c1C)[C@H]1CC[C@H](N(C)C)CC1. The van der Waals surface area contributed by atoms with Crippen LogP contribution >= 0.6 is 11.6 Å².